The van der Waals surface area contributed by atoms with Crippen LogP contribution < -0.4 is 4.74 Å². The van der Waals surface area contributed by atoms with Gasteiger partial charge in [0.25, 0.3) is 5.91 Å². The number of aromatic nitrogens is 2. The van der Waals surface area contributed by atoms with E-state index in [9.17, 15) is 9.59 Å². The van der Waals surface area contributed by atoms with Gasteiger partial charge in [-0.1, -0.05) is 6.92 Å². The summed E-state index contributed by atoms with van der Waals surface area (Å²) < 4.78 is 12.1. The summed E-state index contributed by atoms with van der Waals surface area (Å²) in [6.07, 6.45) is 4.27. The van der Waals surface area contributed by atoms with Crippen molar-refractivity contribution in [3.63, 3.8) is 0 Å². The number of methoxy groups -OCH3 is 1. The zero-order chi connectivity index (χ0) is 24.1. The van der Waals surface area contributed by atoms with Gasteiger partial charge in [0, 0.05) is 23.7 Å². The molecule has 1 aromatic heterocycles. The minimum absolute atomic E-state index is 0.0705. The lowest BCUT2D eigenvalue weighted by Gasteiger charge is -2.35. The zero-order valence-corrected chi connectivity index (χ0v) is 20.0. The molecule has 3 aromatic rings. The number of benzene rings is 2. The molecule has 1 atom stereocenters. The number of hydrogen-bond acceptors (Lipinski definition) is 5. The number of hydrogen-bond donors (Lipinski definition) is 0. The third-order valence-corrected chi connectivity index (χ3v) is 6.30. The van der Waals surface area contributed by atoms with Crippen LogP contribution in [-0.2, 0) is 4.74 Å². The van der Waals surface area contributed by atoms with Crippen molar-refractivity contribution in [3.05, 3.63) is 65.9 Å². The summed E-state index contributed by atoms with van der Waals surface area (Å²) in [6, 6.07) is 17.0. The van der Waals surface area contributed by atoms with Crippen molar-refractivity contribution in [2.24, 2.45) is 0 Å². The number of piperidine rings is 1. The van der Waals surface area contributed by atoms with Gasteiger partial charge < -0.3 is 14.4 Å². The Morgan fingerprint density at radius 3 is 2.41 bits per heavy atom. The van der Waals surface area contributed by atoms with Crippen LogP contribution in [0.3, 0.4) is 0 Å². The van der Waals surface area contributed by atoms with Gasteiger partial charge in [-0.2, -0.15) is 5.10 Å². The number of carbonyl (C=O) groups is 2. The number of nitrogens with zero attached hydrogens (tertiary/aromatic N) is 3. The molecule has 4 rings (SSSR count). The minimum atomic E-state index is -0.474. The van der Waals surface area contributed by atoms with Crippen molar-refractivity contribution in [1.82, 2.24) is 14.7 Å². The highest BCUT2D eigenvalue weighted by molar-refractivity contribution is 5.94. The van der Waals surface area contributed by atoms with Crippen molar-refractivity contribution >= 4 is 11.9 Å². The number of ether oxygens (including phenoxy) is 2. The van der Waals surface area contributed by atoms with E-state index < -0.39 is 5.97 Å². The molecule has 34 heavy (non-hydrogen) atoms. The molecule has 1 aliphatic heterocycles. The first-order chi connectivity index (χ1) is 16.5. The van der Waals surface area contributed by atoms with Gasteiger partial charge in [-0.3, -0.25) is 4.79 Å². The molecule has 1 saturated heterocycles. The first kappa shape index (κ1) is 23.5. The molecule has 0 saturated carbocycles. The lowest BCUT2D eigenvalue weighted by atomic mass is 9.99. The highest BCUT2D eigenvalue weighted by atomic mass is 16.5. The Kier molecular flexibility index (Phi) is 7.30. The van der Waals surface area contributed by atoms with Crippen LogP contribution in [0.1, 0.15) is 60.4 Å². The Hall–Kier alpha value is -3.61. The molecule has 0 N–H and O–H groups in total. The second kappa shape index (κ2) is 10.5. The molecule has 2 aromatic carbocycles. The molecule has 1 aliphatic rings. The number of rotatable bonds is 7. The highest BCUT2D eigenvalue weighted by Crippen LogP contribution is 2.27. The van der Waals surface area contributed by atoms with E-state index in [-0.39, 0.29) is 18.2 Å². The summed E-state index contributed by atoms with van der Waals surface area (Å²) in [5, 5.41) is 4.52. The van der Waals surface area contributed by atoms with E-state index in [0.29, 0.717) is 11.6 Å². The molecule has 2 heterocycles. The summed E-state index contributed by atoms with van der Waals surface area (Å²) in [7, 11) is 1.62. The van der Waals surface area contributed by atoms with Crippen molar-refractivity contribution in [2.45, 2.75) is 45.6 Å². The van der Waals surface area contributed by atoms with E-state index in [0.717, 1.165) is 48.5 Å². The fourth-order valence-corrected chi connectivity index (χ4v) is 4.45. The number of carbonyl (C=O) groups excluding carboxylic acids is 2. The van der Waals surface area contributed by atoms with Crippen molar-refractivity contribution in [1.29, 1.82) is 0 Å². The van der Waals surface area contributed by atoms with Crippen LogP contribution >= 0.6 is 0 Å². The average Bonchev–Trinajstić information content (AvgIpc) is 3.34. The van der Waals surface area contributed by atoms with Gasteiger partial charge in [-0.05, 0) is 87.2 Å². The van der Waals surface area contributed by atoms with Crippen LogP contribution in [0.5, 0.6) is 5.75 Å². The number of amides is 1. The van der Waals surface area contributed by atoms with Gasteiger partial charge in [0.1, 0.15) is 5.75 Å². The van der Waals surface area contributed by atoms with Crippen LogP contribution in [0.15, 0.2) is 54.6 Å². The Bertz CT molecular complexity index is 1140. The van der Waals surface area contributed by atoms with E-state index in [1.807, 2.05) is 53.4 Å². The highest BCUT2D eigenvalue weighted by Gasteiger charge is 2.26. The maximum absolute atomic E-state index is 13.2. The second-order valence-electron chi connectivity index (χ2n) is 8.38. The molecule has 7 heteroatoms. The second-order valence-corrected chi connectivity index (χ2v) is 8.38. The number of likely N-dealkylation sites (tertiary alicyclic amines) is 1. The molecule has 0 aliphatic carbocycles. The average molecular weight is 462 g/mol. The van der Waals surface area contributed by atoms with E-state index in [1.54, 1.807) is 24.8 Å². The first-order valence-corrected chi connectivity index (χ1v) is 11.9. The van der Waals surface area contributed by atoms with E-state index in [1.165, 1.54) is 6.42 Å². The van der Waals surface area contributed by atoms with Gasteiger partial charge in [-0.15, -0.1) is 0 Å². The maximum atomic E-state index is 13.2. The van der Waals surface area contributed by atoms with Crippen LogP contribution in [0.4, 0.5) is 0 Å². The quantitative estimate of drug-likeness (QED) is 0.456. The minimum Gasteiger partial charge on any atom is -0.497 e. The van der Waals surface area contributed by atoms with Gasteiger partial charge in [0.15, 0.2) is 5.69 Å². The topological polar surface area (TPSA) is 73.7 Å². The smallest absolute Gasteiger partial charge is 0.358 e. The lowest BCUT2D eigenvalue weighted by molar-refractivity contribution is 0.0518. The maximum Gasteiger partial charge on any atom is 0.358 e. The third kappa shape index (κ3) is 4.83. The van der Waals surface area contributed by atoms with Gasteiger partial charge in [0.2, 0.25) is 0 Å². The molecule has 0 spiro atoms. The van der Waals surface area contributed by atoms with E-state index in [4.69, 9.17) is 9.47 Å². The van der Waals surface area contributed by atoms with Crippen molar-refractivity contribution in [3.8, 4) is 22.7 Å². The Labute approximate surface area is 200 Å². The Morgan fingerprint density at radius 2 is 1.76 bits per heavy atom. The largest absolute Gasteiger partial charge is 0.497 e. The summed E-state index contributed by atoms with van der Waals surface area (Å²) in [4.78, 5) is 27.6. The predicted octanol–water partition coefficient (Wildman–Crippen LogP) is 5.13. The summed E-state index contributed by atoms with van der Waals surface area (Å²) >= 11 is 0. The van der Waals surface area contributed by atoms with Crippen LogP contribution in [0, 0.1) is 0 Å². The van der Waals surface area contributed by atoms with E-state index in [2.05, 4.69) is 12.0 Å². The molecule has 1 fully saturated rings. The SMILES string of the molecule is CCOC(=O)c1cc(-c2ccc(OC)cc2)n(-c2ccc(C(=O)N3CCCC[C@H]3CC)cc2)n1. The van der Waals surface area contributed by atoms with Gasteiger partial charge in [0.05, 0.1) is 25.1 Å². The molecule has 0 unspecified atom stereocenters. The van der Waals surface area contributed by atoms with Gasteiger partial charge >= 0.3 is 5.97 Å². The summed E-state index contributed by atoms with van der Waals surface area (Å²) in [5.41, 5.74) is 3.26. The van der Waals surface area contributed by atoms with Crippen LogP contribution in [0.25, 0.3) is 16.9 Å². The van der Waals surface area contributed by atoms with Crippen molar-refractivity contribution in [2.75, 3.05) is 20.3 Å². The van der Waals surface area contributed by atoms with Crippen LogP contribution in [-0.4, -0.2) is 52.9 Å². The fourth-order valence-electron chi connectivity index (χ4n) is 4.45. The normalized spacial score (nSPS) is 15.7. The Morgan fingerprint density at radius 1 is 1.03 bits per heavy atom. The number of esters is 1. The molecule has 7 nitrogen and oxygen atoms in total. The Balaban J connectivity index is 1.67. The monoisotopic (exact) mass is 461 g/mol. The molecule has 0 bridgehead atoms. The molecular formula is C27H31N3O4. The third-order valence-electron chi connectivity index (χ3n) is 6.30. The molecule has 0 radical (unpaired) electrons. The molecular weight excluding hydrogens is 430 g/mol. The zero-order valence-electron chi connectivity index (χ0n) is 20.0. The summed E-state index contributed by atoms with van der Waals surface area (Å²) in [6.45, 7) is 4.98. The first-order valence-electron chi connectivity index (χ1n) is 11.9. The molecule has 178 valence electrons. The standard InChI is InChI=1S/C27H31N3O4/c1-4-21-8-6-7-17-29(21)26(31)20-9-13-22(14-10-20)30-25(18-24(28-30)27(32)34-5-2)19-11-15-23(33-3)16-12-19/h9-16,18,21H,4-8,17H2,1-3H3/t21-/m1/s1. The van der Waals surface area contributed by atoms with Crippen LogP contribution in [0.2, 0.25) is 0 Å². The van der Waals surface area contributed by atoms with E-state index >= 15 is 0 Å². The molecule has 1 amide bonds. The predicted molar refractivity (Wildman–Crippen MR) is 130 cm³/mol. The van der Waals surface area contributed by atoms with Gasteiger partial charge in [-0.25, -0.2) is 9.48 Å². The van der Waals surface area contributed by atoms with Crippen molar-refractivity contribution < 1.29 is 19.1 Å². The fraction of sp³-hybridized carbons (Fsp3) is 0.370. The summed E-state index contributed by atoms with van der Waals surface area (Å²) in [5.74, 6) is 0.339. The lowest BCUT2D eigenvalue weighted by Crippen LogP contribution is -2.43.